The molecule has 3 heterocycles. The smallest absolute Gasteiger partial charge is 0.364 e. The summed E-state index contributed by atoms with van der Waals surface area (Å²) in [5.41, 5.74) is 0. The van der Waals surface area contributed by atoms with Crippen LogP contribution in [0, 0.1) is 0 Å². The number of allylic oxidation sites excluding steroid dienone is 5. The predicted molar refractivity (Wildman–Crippen MR) is 357 cm³/mol. The molecule has 94 heavy (non-hydrogen) atoms. The summed E-state index contributed by atoms with van der Waals surface area (Å²) in [6, 6.07) is -2.63. The van der Waals surface area contributed by atoms with Crippen molar-refractivity contribution in [2.45, 2.75) is 368 Å². The summed E-state index contributed by atoms with van der Waals surface area (Å²) >= 11 is 0. The van der Waals surface area contributed by atoms with Gasteiger partial charge in [-0.15, -0.1) is 0 Å². The second-order valence-corrected chi connectivity index (χ2v) is 26.4. The normalized spacial score (nSPS) is 28.1. The van der Waals surface area contributed by atoms with Crippen LogP contribution in [0.15, 0.2) is 36.5 Å². The van der Waals surface area contributed by atoms with Gasteiger partial charge in [-0.25, -0.2) is 4.79 Å². The lowest BCUT2D eigenvalue weighted by molar-refractivity contribution is -0.386. The number of rotatable bonds is 55. The minimum Gasteiger partial charge on any atom is -0.477 e. The van der Waals surface area contributed by atoms with Crippen molar-refractivity contribution in [2.24, 2.45) is 0 Å². The van der Waals surface area contributed by atoms with Crippen LogP contribution in [0.5, 0.6) is 0 Å². The van der Waals surface area contributed by atoms with Crippen LogP contribution in [-0.2, 0) is 42.8 Å². The number of nitrogens with one attached hydrogen (secondary N) is 2. The van der Waals surface area contributed by atoms with Crippen molar-refractivity contribution in [1.29, 1.82) is 0 Å². The van der Waals surface area contributed by atoms with Gasteiger partial charge >= 0.3 is 5.97 Å². The van der Waals surface area contributed by atoms with Crippen molar-refractivity contribution in [3.8, 4) is 0 Å². The second kappa shape index (κ2) is 51.2. The molecule has 3 saturated heterocycles. The summed E-state index contributed by atoms with van der Waals surface area (Å²) < 4.78 is 34.8. The first-order valence-corrected chi connectivity index (χ1v) is 36.4. The van der Waals surface area contributed by atoms with Crippen LogP contribution in [0.1, 0.15) is 258 Å². The first kappa shape index (κ1) is 85.2. The van der Waals surface area contributed by atoms with Crippen LogP contribution in [0.3, 0.4) is 0 Å². The monoisotopic (exact) mass is 1340 g/mol. The summed E-state index contributed by atoms with van der Waals surface area (Å²) in [5.74, 6) is -6.15. The Balaban J connectivity index is 1.58. The molecule has 3 aliphatic heterocycles. The summed E-state index contributed by atoms with van der Waals surface area (Å²) in [4.78, 5) is 38.6. The number of aliphatic carboxylic acids is 1. The third kappa shape index (κ3) is 32.7. The summed E-state index contributed by atoms with van der Waals surface area (Å²) in [6.07, 6.45) is 24.6. The number of hydrogen-bond donors (Lipinski definition) is 14. The largest absolute Gasteiger partial charge is 0.477 e. The third-order valence-corrected chi connectivity index (χ3v) is 18.3. The molecule has 3 aliphatic rings. The maximum absolute atomic E-state index is 13.5. The maximum Gasteiger partial charge on any atom is 0.364 e. The Morgan fingerprint density at radius 1 is 0.564 bits per heavy atom. The van der Waals surface area contributed by atoms with Gasteiger partial charge in [-0.1, -0.05) is 224 Å². The van der Waals surface area contributed by atoms with E-state index in [9.17, 15) is 75.7 Å². The van der Waals surface area contributed by atoms with Gasteiger partial charge in [0.1, 0.15) is 67.1 Å². The Kier molecular flexibility index (Phi) is 46.4. The molecule has 0 aromatic rings. The first-order chi connectivity index (χ1) is 45.4. The highest BCUT2D eigenvalue weighted by Crippen LogP contribution is 2.39. The highest BCUT2D eigenvalue weighted by Gasteiger charge is 2.60. The number of unbranched alkanes of at least 4 members (excludes halogenated alkanes) is 31. The van der Waals surface area contributed by atoms with E-state index in [2.05, 4.69) is 48.8 Å². The predicted octanol–water partition coefficient (Wildman–Crippen LogP) is 7.40. The van der Waals surface area contributed by atoms with Crippen molar-refractivity contribution in [1.82, 2.24) is 10.6 Å². The van der Waals surface area contributed by atoms with Gasteiger partial charge in [0.15, 0.2) is 12.6 Å². The number of carboxylic acids is 1. The zero-order valence-corrected chi connectivity index (χ0v) is 57.3. The van der Waals surface area contributed by atoms with Gasteiger partial charge in [0.05, 0.1) is 50.7 Å². The molecule has 23 nitrogen and oxygen atoms in total. The Labute approximate surface area is 561 Å². The minimum atomic E-state index is -3.08. The lowest BCUT2D eigenvalue weighted by Crippen LogP contribution is -2.70. The van der Waals surface area contributed by atoms with E-state index >= 15 is 0 Å². The fourth-order valence-corrected chi connectivity index (χ4v) is 12.5. The fraction of sp³-hybridized carbons (Fsp3) is 0.873. The van der Waals surface area contributed by atoms with Crippen molar-refractivity contribution in [3.05, 3.63) is 36.5 Å². The molecule has 0 aromatic heterocycles. The molecule has 0 aliphatic carbocycles. The molecule has 14 N–H and O–H groups in total. The van der Waals surface area contributed by atoms with Crippen LogP contribution < -0.4 is 10.6 Å². The number of aliphatic hydroxyl groups excluding tert-OH is 11. The van der Waals surface area contributed by atoms with E-state index in [1.807, 2.05) is 6.08 Å². The number of carbonyl (C=O) groups excluding carboxylic acids is 2. The van der Waals surface area contributed by atoms with Gasteiger partial charge in [0.2, 0.25) is 11.8 Å². The highest BCUT2D eigenvalue weighted by molar-refractivity contribution is 5.77. The maximum atomic E-state index is 13.5. The summed E-state index contributed by atoms with van der Waals surface area (Å²) in [6.45, 7) is 2.14. The average Bonchev–Trinajstić information content (AvgIpc) is 0.762. The zero-order valence-electron chi connectivity index (χ0n) is 57.3. The molecule has 0 spiro atoms. The Bertz CT molecular complexity index is 2040. The van der Waals surface area contributed by atoms with Crippen molar-refractivity contribution in [3.63, 3.8) is 0 Å². The van der Waals surface area contributed by atoms with Gasteiger partial charge < -0.3 is 100 Å². The molecular weight excluding hydrogens is 1220 g/mol. The summed E-state index contributed by atoms with van der Waals surface area (Å²) in [7, 11) is 0. The Hall–Kier alpha value is -3.05. The van der Waals surface area contributed by atoms with Gasteiger partial charge in [0.25, 0.3) is 5.79 Å². The SMILES string of the molecule is CCCCCCCCCCC/C=C\C/C=C\CCCCCCCCCC(=O)NC(COC1OC(CO)C(OC2OC(CO)C(O)C(OC3(C(=O)O)CC(O)C(NC(C)=O)C(C(O)C(O)CO)O3)C2O)C(O)C1O)C(O)/C=C/CCCCCCCCCCCCCCCCC. The molecule has 23 heteroatoms. The molecule has 18 atom stereocenters. The van der Waals surface area contributed by atoms with Crippen molar-refractivity contribution < 1.29 is 104 Å². The van der Waals surface area contributed by atoms with Crippen LogP contribution in [0.25, 0.3) is 0 Å². The van der Waals surface area contributed by atoms with Gasteiger partial charge in [-0.2, -0.15) is 0 Å². The highest BCUT2D eigenvalue weighted by atomic mass is 16.8. The molecule has 3 fully saturated rings. The molecule has 548 valence electrons. The third-order valence-electron chi connectivity index (χ3n) is 18.3. The number of hydrogen-bond acceptors (Lipinski definition) is 20. The summed E-state index contributed by atoms with van der Waals surface area (Å²) in [5, 5.41) is 136. The number of carboxylic acid groups (broad SMARTS) is 1. The number of carbonyl (C=O) groups is 3. The first-order valence-electron chi connectivity index (χ1n) is 36.4. The van der Waals surface area contributed by atoms with Crippen molar-refractivity contribution in [2.75, 3.05) is 26.4 Å². The zero-order chi connectivity index (χ0) is 68.9. The standard InChI is InChI=1S/C71H128N2O21/c1-4-6-8-10-12-14-16-18-20-22-23-24-25-26-27-29-31-33-35-37-39-41-43-45-58(81)73-52(53(78)44-42-40-38-36-34-32-30-28-21-19-17-15-13-11-9-7-5-2)50-89-68-63(85)62(84)65(57(49-76)91-68)92-69-64(86)67(61(83)56(48-75)90-69)94-71(70(87)88)46-54(79)59(72-51(3)77)66(93-71)60(82)55(80)47-74/h23-24,26-27,42,44,52-57,59-69,74-76,78-80,82-86H,4-22,25,28-41,43,45-50H2,1-3H3,(H,72,77)(H,73,81)(H,87,88)/b24-23-,27-26-,44-42+. The fourth-order valence-electron chi connectivity index (χ4n) is 12.5. The number of amides is 2. The molecule has 0 bridgehead atoms. The van der Waals surface area contributed by atoms with E-state index in [1.54, 1.807) is 6.08 Å². The molecule has 0 aromatic carbocycles. The van der Waals surface area contributed by atoms with Crippen molar-refractivity contribution >= 4 is 17.8 Å². The van der Waals surface area contributed by atoms with Gasteiger partial charge in [-0.3, -0.25) is 9.59 Å². The lowest BCUT2D eigenvalue weighted by Gasteiger charge is -2.50. The number of aliphatic hydroxyl groups is 11. The quantitative estimate of drug-likeness (QED) is 0.0208. The topological polar surface area (TPSA) is 373 Å². The minimum absolute atomic E-state index is 0.191. The molecule has 18 unspecified atom stereocenters. The van der Waals surface area contributed by atoms with E-state index in [0.717, 1.165) is 84.0 Å². The molecule has 2 amide bonds. The lowest BCUT2D eigenvalue weighted by atomic mass is 9.88. The van der Waals surface area contributed by atoms with E-state index in [1.165, 1.54) is 135 Å². The molecule has 3 rings (SSSR count). The Morgan fingerprint density at radius 3 is 1.50 bits per heavy atom. The Morgan fingerprint density at radius 2 is 1.03 bits per heavy atom. The number of ether oxygens (including phenoxy) is 6. The van der Waals surface area contributed by atoms with E-state index in [0.29, 0.717) is 12.8 Å². The van der Waals surface area contributed by atoms with Gasteiger partial charge in [-0.05, 0) is 51.4 Å². The molecule has 0 saturated carbocycles. The van der Waals surface area contributed by atoms with Crippen LogP contribution in [-0.4, -0.2) is 215 Å². The van der Waals surface area contributed by atoms with Crippen LogP contribution in [0.4, 0.5) is 0 Å². The van der Waals surface area contributed by atoms with Crippen LogP contribution >= 0.6 is 0 Å². The van der Waals surface area contributed by atoms with E-state index in [4.69, 9.17) is 28.4 Å². The van der Waals surface area contributed by atoms with E-state index < -0.39 is 155 Å². The van der Waals surface area contributed by atoms with E-state index in [-0.39, 0.29) is 12.3 Å². The molecular formula is C71H128N2O21. The second-order valence-electron chi connectivity index (χ2n) is 26.4. The average molecular weight is 1350 g/mol. The van der Waals surface area contributed by atoms with Gasteiger partial charge in [0, 0.05) is 19.8 Å². The molecule has 0 radical (unpaired) electrons. The van der Waals surface area contributed by atoms with Crippen LogP contribution in [0.2, 0.25) is 0 Å².